The highest BCUT2D eigenvalue weighted by Gasteiger charge is 2.34. The summed E-state index contributed by atoms with van der Waals surface area (Å²) in [5.41, 5.74) is 0. The van der Waals surface area contributed by atoms with Crippen LogP contribution in [0, 0.1) is 35.5 Å². The lowest BCUT2D eigenvalue weighted by atomic mass is 9.65. The number of hydrogen-bond acceptors (Lipinski definition) is 0. The first-order valence-corrected chi connectivity index (χ1v) is 11.4. The lowest BCUT2D eigenvalue weighted by molar-refractivity contribution is 0.107. The smallest absolute Gasteiger partial charge is 0.0233 e. The molecule has 0 N–H and O–H groups in total. The molecule has 0 atom stereocenters. The van der Waals surface area contributed by atoms with E-state index >= 15 is 0 Å². The molecule has 0 spiro atoms. The first kappa shape index (κ1) is 18.5. The fourth-order valence-corrected chi connectivity index (χ4v) is 6.53. The molecule has 3 fully saturated rings. The van der Waals surface area contributed by atoms with E-state index in [1.165, 1.54) is 38.5 Å². The maximum absolute atomic E-state index is 2.46. The van der Waals surface area contributed by atoms with Gasteiger partial charge in [-0.3, -0.25) is 0 Å². The summed E-state index contributed by atoms with van der Waals surface area (Å²) in [5.74, 6) is 6.35. The van der Waals surface area contributed by atoms with Gasteiger partial charge in [0.05, 0.1) is 0 Å². The molecule has 0 unspecified atom stereocenters. The third kappa shape index (κ3) is 4.89. The summed E-state index contributed by atoms with van der Waals surface area (Å²) in [6.07, 6.45) is 26.1. The molecular weight excluding hydrogens is 288 g/mol. The van der Waals surface area contributed by atoms with E-state index in [0.29, 0.717) is 0 Å². The van der Waals surface area contributed by atoms with Crippen LogP contribution >= 0.6 is 0 Å². The Morgan fingerprint density at radius 1 is 0.625 bits per heavy atom. The van der Waals surface area contributed by atoms with Crippen molar-refractivity contribution in [2.45, 2.75) is 104 Å². The van der Waals surface area contributed by atoms with Crippen LogP contribution in [-0.4, -0.2) is 0 Å². The molecular formula is C24H42. The van der Waals surface area contributed by atoms with Crippen LogP contribution in [-0.2, 0) is 0 Å². The Bertz CT molecular complexity index is 357. The van der Waals surface area contributed by atoms with Crippen LogP contribution in [0.25, 0.3) is 0 Å². The molecule has 0 radical (unpaired) electrons. The molecule has 0 aromatic carbocycles. The average Bonchev–Trinajstić information content (AvgIpc) is 2.64. The van der Waals surface area contributed by atoms with Gasteiger partial charge in [0.25, 0.3) is 0 Å². The molecule has 0 aromatic rings. The summed E-state index contributed by atoms with van der Waals surface area (Å²) in [6.45, 7) is 4.54. The lowest BCUT2D eigenvalue weighted by Crippen LogP contribution is -2.29. The van der Waals surface area contributed by atoms with Crippen LogP contribution in [0.3, 0.4) is 0 Å². The van der Waals surface area contributed by atoms with E-state index < -0.39 is 0 Å². The second-order valence-electron chi connectivity index (χ2n) is 9.44. The number of allylic oxidation sites excluding steroid dienone is 2. The van der Waals surface area contributed by atoms with Crippen LogP contribution in [0.2, 0.25) is 0 Å². The van der Waals surface area contributed by atoms with Crippen molar-refractivity contribution in [2.75, 3.05) is 0 Å². The Morgan fingerprint density at radius 2 is 1.04 bits per heavy atom. The van der Waals surface area contributed by atoms with Gasteiger partial charge in [-0.25, -0.2) is 0 Å². The fourth-order valence-electron chi connectivity index (χ4n) is 6.53. The van der Waals surface area contributed by atoms with E-state index in [-0.39, 0.29) is 0 Å². The summed E-state index contributed by atoms with van der Waals surface area (Å²) in [7, 11) is 0. The van der Waals surface area contributed by atoms with Gasteiger partial charge >= 0.3 is 0 Å². The third-order valence-electron chi connectivity index (χ3n) is 8.02. The van der Waals surface area contributed by atoms with Crippen molar-refractivity contribution in [3.05, 3.63) is 12.2 Å². The Morgan fingerprint density at radius 3 is 1.46 bits per heavy atom. The highest BCUT2D eigenvalue weighted by Crippen LogP contribution is 2.46. The zero-order chi connectivity index (χ0) is 16.8. The molecule has 0 aromatic heterocycles. The third-order valence-corrected chi connectivity index (χ3v) is 8.02. The van der Waals surface area contributed by atoms with E-state index in [9.17, 15) is 0 Å². The summed E-state index contributed by atoms with van der Waals surface area (Å²) in [5, 5.41) is 0. The molecule has 0 heterocycles. The van der Waals surface area contributed by atoms with E-state index in [2.05, 4.69) is 26.0 Å². The van der Waals surface area contributed by atoms with Crippen LogP contribution in [0.5, 0.6) is 0 Å². The van der Waals surface area contributed by atoms with Gasteiger partial charge in [-0.2, -0.15) is 0 Å². The Kier molecular flexibility index (Phi) is 7.29. The van der Waals surface area contributed by atoms with Crippen molar-refractivity contribution in [2.24, 2.45) is 35.5 Å². The minimum atomic E-state index is 0.904. The number of rotatable bonds is 5. The van der Waals surface area contributed by atoms with Crippen LogP contribution in [0.15, 0.2) is 12.2 Å². The van der Waals surface area contributed by atoms with Crippen molar-refractivity contribution in [3.8, 4) is 0 Å². The monoisotopic (exact) mass is 330 g/mol. The summed E-state index contributed by atoms with van der Waals surface area (Å²) in [4.78, 5) is 0. The summed E-state index contributed by atoms with van der Waals surface area (Å²) < 4.78 is 0. The molecule has 24 heavy (non-hydrogen) atoms. The molecule has 138 valence electrons. The zero-order valence-corrected chi connectivity index (χ0v) is 16.5. The van der Waals surface area contributed by atoms with Crippen molar-refractivity contribution in [1.82, 2.24) is 0 Å². The lowest BCUT2D eigenvalue weighted by Gasteiger charge is -2.41. The zero-order valence-electron chi connectivity index (χ0n) is 16.5. The van der Waals surface area contributed by atoms with E-state index in [4.69, 9.17) is 0 Å². The van der Waals surface area contributed by atoms with E-state index in [0.717, 1.165) is 35.5 Å². The molecule has 3 rings (SSSR count). The molecule has 3 aliphatic carbocycles. The molecule has 3 aliphatic rings. The second-order valence-corrected chi connectivity index (χ2v) is 9.44. The molecule has 0 amide bonds. The van der Waals surface area contributed by atoms with Gasteiger partial charge in [0.15, 0.2) is 0 Å². The SMILES string of the molecule is CC=C[C@H]1CC[C@H]([C@H]2CC[C@H]([C@H]3CC[C@H](CCC)CC3)CC2)CC1. The van der Waals surface area contributed by atoms with Crippen molar-refractivity contribution < 1.29 is 0 Å². The molecule has 0 bridgehead atoms. The van der Waals surface area contributed by atoms with Crippen LogP contribution in [0.1, 0.15) is 104 Å². The highest BCUT2D eigenvalue weighted by atomic mass is 14.4. The van der Waals surface area contributed by atoms with Crippen LogP contribution in [0.4, 0.5) is 0 Å². The average molecular weight is 331 g/mol. The number of hydrogen-bond donors (Lipinski definition) is 0. The van der Waals surface area contributed by atoms with Gasteiger partial charge in [0, 0.05) is 0 Å². The van der Waals surface area contributed by atoms with Gasteiger partial charge in [0.2, 0.25) is 0 Å². The molecule has 0 saturated heterocycles. The summed E-state index contributed by atoms with van der Waals surface area (Å²) in [6, 6.07) is 0. The van der Waals surface area contributed by atoms with Gasteiger partial charge in [-0.15, -0.1) is 0 Å². The van der Waals surface area contributed by atoms with Crippen molar-refractivity contribution in [1.29, 1.82) is 0 Å². The quantitative estimate of drug-likeness (QED) is 0.451. The normalized spacial score (nSPS) is 41.6. The van der Waals surface area contributed by atoms with Crippen molar-refractivity contribution in [3.63, 3.8) is 0 Å². The molecule has 3 saturated carbocycles. The first-order chi connectivity index (χ1) is 11.8. The largest absolute Gasteiger partial charge is 0.0914 e. The molecule has 0 heteroatoms. The first-order valence-electron chi connectivity index (χ1n) is 11.4. The fraction of sp³-hybridized carbons (Fsp3) is 0.917. The standard InChI is InChI=1S/C24H42/c1-3-5-19-7-11-21(12-8-19)23-15-17-24(18-16-23)22-13-9-20(6-4-2)10-14-22/h3,5,19-24H,4,6-18H2,1-2H3/t19-,20-,21-,22-,23-,24-. The predicted molar refractivity (Wildman–Crippen MR) is 106 cm³/mol. The van der Waals surface area contributed by atoms with Crippen LogP contribution < -0.4 is 0 Å². The second kappa shape index (κ2) is 9.44. The minimum absolute atomic E-state index is 0.904. The highest BCUT2D eigenvalue weighted by molar-refractivity contribution is 4.91. The van der Waals surface area contributed by atoms with Gasteiger partial charge < -0.3 is 0 Å². The summed E-state index contributed by atoms with van der Waals surface area (Å²) >= 11 is 0. The Hall–Kier alpha value is -0.260. The minimum Gasteiger partial charge on any atom is -0.0914 e. The Labute approximate surface area is 151 Å². The maximum atomic E-state index is 2.46. The van der Waals surface area contributed by atoms with Gasteiger partial charge in [-0.05, 0) is 107 Å². The maximum Gasteiger partial charge on any atom is -0.0233 e. The Balaban J connectivity index is 1.37. The topological polar surface area (TPSA) is 0 Å². The van der Waals surface area contributed by atoms with Gasteiger partial charge in [-0.1, -0.05) is 44.8 Å². The van der Waals surface area contributed by atoms with E-state index in [1.807, 2.05) is 0 Å². The van der Waals surface area contributed by atoms with Gasteiger partial charge in [0.1, 0.15) is 0 Å². The molecule has 0 aliphatic heterocycles. The van der Waals surface area contributed by atoms with Crippen molar-refractivity contribution >= 4 is 0 Å². The van der Waals surface area contributed by atoms with E-state index in [1.54, 1.807) is 51.4 Å². The predicted octanol–water partition coefficient (Wildman–Crippen LogP) is 7.78. The molecule has 0 nitrogen and oxygen atoms in total.